The number of hydrogen-bond acceptors (Lipinski definition) is 4. The molecule has 1 aromatic rings. The van der Waals surface area contributed by atoms with Gasteiger partial charge in [0.25, 0.3) is 0 Å². The van der Waals surface area contributed by atoms with Crippen LogP contribution in [0.25, 0.3) is 0 Å². The molecule has 0 aliphatic heterocycles. The first-order chi connectivity index (χ1) is 8.81. The smallest absolute Gasteiger partial charge is 0.337 e. The third kappa shape index (κ3) is 4.92. The molecule has 1 rings (SSSR count). The zero-order valence-electron chi connectivity index (χ0n) is 10.8. The highest BCUT2D eigenvalue weighted by atomic mass is 16.4. The van der Waals surface area contributed by atoms with Gasteiger partial charge in [0.2, 0.25) is 0 Å². The molecule has 104 valence electrons. The number of rotatable bonds is 5. The van der Waals surface area contributed by atoms with Gasteiger partial charge in [0, 0.05) is 18.4 Å². The summed E-state index contributed by atoms with van der Waals surface area (Å²) in [5.74, 6) is -1.39. The molecule has 1 aromatic heterocycles. The predicted octanol–water partition coefficient (Wildman–Crippen LogP) is 0.0248. The van der Waals surface area contributed by atoms with Crippen molar-refractivity contribution in [2.75, 3.05) is 6.54 Å². The average Bonchev–Trinajstić information content (AvgIpc) is 2.35. The fourth-order valence-electron chi connectivity index (χ4n) is 1.18. The van der Waals surface area contributed by atoms with Gasteiger partial charge in [-0.05, 0) is 25.5 Å². The van der Waals surface area contributed by atoms with Gasteiger partial charge in [0.15, 0.2) is 5.60 Å². The van der Waals surface area contributed by atoms with Crippen molar-refractivity contribution in [2.24, 2.45) is 0 Å². The molecular weight excluding hydrogens is 250 g/mol. The molecule has 1 unspecified atom stereocenters. The Morgan fingerprint density at radius 1 is 1.37 bits per heavy atom. The van der Waals surface area contributed by atoms with Gasteiger partial charge in [-0.25, -0.2) is 9.59 Å². The summed E-state index contributed by atoms with van der Waals surface area (Å²) >= 11 is 0. The molecule has 0 aliphatic rings. The van der Waals surface area contributed by atoms with Gasteiger partial charge in [-0.2, -0.15) is 0 Å². The second-order valence-electron chi connectivity index (χ2n) is 4.42. The maximum absolute atomic E-state index is 11.4. The first-order valence-corrected chi connectivity index (χ1v) is 5.70. The molecular formula is C12H17N3O4. The van der Waals surface area contributed by atoms with E-state index in [0.29, 0.717) is 0 Å². The number of pyridine rings is 1. The van der Waals surface area contributed by atoms with Crippen molar-refractivity contribution in [3.63, 3.8) is 0 Å². The maximum Gasteiger partial charge on any atom is 0.337 e. The highest BCUT2D eigenvalue weighted by Gasteiger charge is 2.30. The minimum atomic E-state index is -1.98. The highest BCUT2D eigenvalue weighted by molar-refractivity contribution is 5.79. The number of carboxylic acids is 1. The number of urea groups is 1. The van der Waals surface area contributed by atoms with E-state index in [9.17, 15) is 14.7 Å². The Kier molecular flexibility index (Phi) is 4.82. The number of aliphatic hydroxyl groups is 1. The molecule has 0 bridgehead atoms. The van der Waals surface area contributed by atoms with E-state index in [0.717, 1.165) is 18.2 Å². The van der Waals surface area contributed by atoms with Crippen LogP contribution in [0.5, 0.6) is 0 Å². The molecule has 0 aliphatic carbocycles. The fraction of sp³-hybridized carbons (Fsp3) is 0.417. The van der Waals surface area contributed by atoms with Crippen LogP contribution in [0.1, 0.15) is 18.2 Å². The predicted molar refractivity (Wildman–Crippen MR) is 67.5 cm³/mol. The van der Waals surface area contributed by atoms with Crippen LogP contribution in [-0.4, -0.2) is 39.3 Å². The van der Waals surface area contributed by atoms with Crippen molar-refractivity contribution in [3.8, 4) is 0 Å². The van der Waals surface area contributed by atoms with E-state index in [4.69, 9.17) is 5.11 Å². The Morgan fingerprint density at radius 3 is 2.58 bits per heavy atom. The summed E-state index contributed by atoms with van der Waals surface area (Å²) in [7, 11) is 0. The van der Waals surface area contributed by atoms with Crippen LogP contribution in [0.2, 0.25) is 0 Å². The molecule has 1 atom stereocenters. The average molecular weight is 267 g/mol. The van der Waals surface area contributed by atoms with Crippen molar-refractivity contribution >= 4 is 12.0 Å². The van der Waals surface area contributed by atoms with Crippen molar-refractivity contribution in [2.45, 2.75) is 26.0 Å². The standard InChI is InChI=1S/C12H17N3O4/c1-8-3-4-9(5-13-8)6-14-11(18)15-7-12(2,19)10(16)17/h3-5,19H,6-7H2,1-2H3,(H,16,17)(H2,14,15,18). The number of aromatic nitrogens is 1. The maximum atomic E-state index is 11.4. The lowest BCUT2D eigenvalue weighted by atomic mass is 10.1. The van der Waals surface area contributed by atoms with Gasteiger partial charge in [-0.1, -0.05) is 6.07 Å². The molecule has 7 heteroatoms. The van der Waals surface area contributed by atoms with Crippen molar-refractivity contribution in [1.82, 2.24) is 15.6 Å². The summed E-state index contributed by atoms with van der Waals surface area (Å²) in [5.41, 5.74) is -0.278. The van der Waals surface area contributed by atoms with Crippen molar-refractivity contribution in [3.05, 3.63) is 29.6 Å². The molecule has 0 saturated carbocycles. The van der Waals surface area contributed by atoms with E-state index in [1.807, 2.05) is 19.1 Å². The number of hydrogen-bond donors (Lipinski definition) is 4. The highest BCUT2D eigenvalue weighted by Crippen LogP contribution is 2.01. The number of nitrogens with zero attached hydrogens (tertiary/aromatic N) is 1. The van der Waals surface area contributed by atoms with E-state index in [1.165, 1.54) is 0 Å². The third-order valence-corrected chi connectivity index (χ3v) is 2.48. The second-order valence-corrected chi connectivity index (χ2v) is 4.42. The Labute approximate surface area is 110 Å². The molecule has 0 aromatic carbocycles. The Balaban J connectivity index is 2.36. The van der Waals surface area contributed by atoms with Gasteiger partial charge in [0.1, 0.15) is 0 Å². The summed E-state index contributed by atoms with van der Waals surface area (Å²) in [6, 6.07) is 3.10. The summed E-state index contributed by atoms with van der Waals surface area (Å²) in [6.45, 7) is 2.87. The summed E-state index contributed by atoms with van der Waals surface area (Å²) in [5, 5.41) is 22.9. The number of amides is 2. The SMILES string of the molecule is Cc1ccc(CNC(=O)NCC(C)(O)C(=O)O)cn1. The van der Waals surface area contributed by atoms with Gasteiger partial charge >= 0.3 is 12.0 Å². The molecule has 7 nitrogen and oxygen atoms in total. The molecule has 0 radical (unpaired) electrons. The molecule has 0 spiro atoms. The quantitative estimate of drug-likeness (QED) is 0.601. The number of carbonyl (C=O) groups is 2. The lowest BCUT2D eigenvalue weighted by Gasteiger charge is -2.18. The molecule has 19 heavy (non-hydrogen) atoms. The van der Waals surface area contributed by atoms with E-state index >= 15 is 0 Å². The lowest BCUT2D eigenvalue weighted by molar-refractivity contribution is -0.155. The van der Waals surface area contributed by atoms with Crippen LogP contribution >= 0.6 is 0 Å². The second kappa shape index (κ2) is 6.14. The number of aliphatic carboxylic acids is 1. The van der Waals surface area contributed by atoms with Gasteiger partial charge in [-0.3, -0.25) is 4.98 Å². The normalized spacial score (nSPS) is 13.4. The number of aryl methyl sites for hydroxylation is 1. The van der Waals surface area contributed by atoms with Gasteiger partial charge < -0.3 is 20.8 Å². The van der Waals surface area contributed by atoms with Gasteiger partial charge in [-0.15, -0.1) is 0 Å². The van der Waals surface area contributed by atoms with Crippen LogP contribution in [0, 0.1) is 6.92 Å². The first kappa shape index (κ1) is 14.9. The van der Waals surface area contributed by atoms with Crippen molar-refractivity contribution < 1.29 is 19.8 Å². The van der Waals surface area contributed by atoms with E-state index < -0.39 is 17.6 Å². The van der Waals surface area contributed by atoms with Gasteiger partial charge in [0.05, 0.1) is 6.54 Å². The zero-order chi connectivity index (χ0) is 14.5. The minimum Gasteiger partial charge on any atom is -0.479 e. The number of carbonyl (C=O) groups excluding carboxylic acids is 1. The van der Waals surface area contributed by atoms with Crippen LogP contribution < -0.4 is 10.6 Å². The fourth-order valence-corrected chi connectivity index (χ4v) is 1.18. The van der Waals surface area contributed by atoms with Crippen LogP contribution in [0.4, 0.5) is 4.79 Å². The van der Waals surface area contributed by atoms with Crippen molar-refractivity contribution in [1.29, 1.82) is 0 Å². The number of carboxylic acid groups (broad SMARTS) is 1. The summed E-state index contributed by atoms with van der Waals surface area (Å²) in [4.78, 5) is 26.1. The molecule has 0 saturated heterocycles. The largest absolute Gasteiger partial charge is 0.479 e. The third-order valence-electron chi connectivity index (χ3n) is 2.48. The Hall–Kier alpha value is -2.15. The molecule has 2 amide bonds. The van der Waals surface area contributed by atoms with Crippen LogP contribution in [0.3, 0.4) is 0 Å². The summed E-state index contributed by atoms with van der Waals surface area (Å²) < 4.78 is 0. The van der Waals surface area contributed by atoms with Crippen LogP contribution in [-0.2, 0) is 11.3 Å². The molecule has 0 fully saturated rings. The molecule has 1 heterocycles. The van der Waals surface area contributed by atoms with E-state index in [2.05, 4.69) is 15.6 Å². The molecule has 4 N–H and O–H groups in total. The van der Waals surface area contributed by atoms with E-state index in [1.54, 1.807) is 6.20 Å². The minimum absolute atomic E-state index is 0.272. The van der Waals surface area contributed by atoms with Crippen LogP contribution in [0.15, 0.2) is 18.3 Å². The topological polar surface area (TPSA) is 112 Å². The Bertz CT molecular complexity index is 457. The number of nitrogens with one attached hydrogen (secondary N) is 2. The monoisotopic (exact) mass is 267 g/mol. The summed E-state index contributed by atoms with van der Waals surface area (Å²) in [6.07, 6.45) is 1.64. The lowest BCUT2D eigenvalue weighted by Crippen LogP contribution is -2.48. The first-order valence-electron chi connectivity index (χ1n) is 5.70. The zero-order valence-corrected chi connectivity index (χ0v) is 10.8. The Morgan fingerprint density at radius 2 is 2.05 bits per heavy atom. The van der Waals surface area contributed by atoms with E-state index in [-0.39, 0.29) is 13.1 Å².